The van der Waals surface area contributed by atoms with Crippen molar-refractivity contribution in [1.29, 1.82) is 0 Å². The van der Waals surface area contributed by atoms with Gasteiger partial charge in [-0.05, 0) is 25.0 Å². The third-order valence-electron chi connectivity index (χ3n) is 1.88. The van der Waals surface area contributed by atoms with Gasteiger partial charge in [0, 0.05) is 12.1 Å². The SMILES string of the molecule is C=C/C(=C\C=C(/C)NC(=O)CC)CC. The van der Waals surface area contributed by atoms with Gasteiger partial charge in [-0.1, -0.05) is 32.6 Å². The molecular weight excluding hydrogens is 174 g/mol. The molecule has 2 nitrogen and oxygen atoms in total. The van der Waals surface area contributed by atoms with Gasteiger partial charge in [0.15, 0.2) is 0 Å². The van der Waals surface area contributed by atoms with Crippen molar-refractivity contribution in [2.45, 2.75) is 33.6 Å². The maximum Gasteiger partial charge on any atom is 0.223 e. The topological polar surface area (TPSA) is 29.1 Å². The van der Waals surface area contributed by atoms with E-state index < -0.39 is 0 Å². The van der Waals surface area contributed by atoms with Crippen LogP contribution in [0.25, 0.3) is 0 Å². The van der Waals surface area contributed by atoms with Gasteiger partial charge in [-0.15, -0.1) is 0 Å². The van der Waals surface area contributed by atoms with Crippen molar-refractivity contribution in [2.75, 3.05) is 0 Å². The zero-order valence-corrected chi connectivity index (χ0v) is 9.26. The molecule has 2 heteroatoms. The van der Waals surface area contributed by atoms with Gasteiger partial charge in [-0.2, -0.15) is 0 Å². The smallest absolute Gasteiger partial charge is 0.223 e. The Hall–Kier alpha value is -1.31. The van der Waals surface area contributed by atoms with Gasteiger partial charge in [0.05, 0.1) is 0 Å². The van der Waals surface area contributed by atoms with Crippen LogP contribution in [0.15, 0.2) is 36.1 Å². The van der Waals surface area contributed by atoms with Gasteiger partial charge in [-0.25, -0.2) is 0 Å². The van der Waals surface area contributed by atoms with Gasteiger partial charge < -0.3 is 5.32 Å². The van der Waals surface area contributed by atoms with Crippen molar-refractivity contribution >= 4 is 5.91 Å². The maximum atomic E-state index is 11.0. The number of nitrogens with one attached hydrogen (secondary N) is 1. The Morgan fingerprint density at radius 2 is 1.93 bits per heavy atom. The first-order valence-corrected chi connectivity index (χ1v) is 4.93. The number of hydrogen-bond donors (Lipinski definition) is 1. The van der Waals surface area contributed by atoms with E-state index in [0.717, 1.165) is 17.7 Å². The number of carbonyl (C=O) groups is 1. The Kier molecular flexibility index (Phi) is 6.46. The van der Waals surface area contributed by atoms with Crippen LogP contribution in [0.1, 0.15) is 33.6 Å². The van der Waals surface area contributed by atoms with Crippen LogP contribution in [0.4, 0.5) is 0 Å². The van der Waals surface area contributed by atoms with Crippen molar-refractivity contribution in [3.8, 4) is 0 Å². The van der Waals surface area contributed by atoms with Gasteiger partial charge >= 0.3 is 0 Å². The Balaban J connectivity index is 4.30. The van der Waals surface area contributed by atoms with E-state index in [-0.39, 0.29) is 5.91 Å². The zero-order valence-electron chi connectivity index (χ0n) is 9.26. The molecule has 0 rings (SSSR count). The van der Waals surface area contributed by atoms with Crippen LogP contribution in [-0.2, 0) is 4.79 Å². The molecule has 0 radical (unpaired) electrons. The molecule has 0 saturated carbocycles. The number of hydrogen-bond acceptors (Lipinski definition) is 1. The van der Waals surface area contributed by atoms with Crippen LogP contribution in [0.2, 0.25) is 0 Å². The first kappa shape index (κ1) is 12.7. The van der Waals surface area contributed by atoms with E-state index in [9.17, 15) is 4.79 Å². The highest BCUT2D eigenvalue weighted by atomic mass is 16.1. The van der Waals surface area contributed by atoms with Crippen LogP contribution in [0, 0.1) is 0 Å². The quantitative estimate of drug-likeness (QED) is 0.668. The van der Waals surface area contributed by atoms with E-state index in [4.69, 9.17) is 0 Å². The predicted octanol–water partition coefficient (Wildman–Crippen LogP) is 2.94. The molecule has 78 valence electrons. The first-order valence-electron chi connectivity index (χ1n) is 4.93. The average molecular weight is 193 g/mol. The van der Waals surface area contributed by atoms with E-state index >= 15 is 0 Å². The second-order valence-electron chi connectivity index (χ2n) is 3.05. The molecular formula is C12H19NO. The minimum atomic E-state index is 0.0452. The molecule has 0 unspecified atom stereocenters. The molecule has 14 heavy (non-hydrogen) atoms. The van der Waals surface area contributed by atoms with Gasteiger partial charge in [0.2, 0.25) is 5.91 Å². The molecule has 0 saturated heterocycles. The summed E-state index contributed by atoms with van der Waals surface area (Å²) in [5, 5.41) is 2.78. The highest BCUT2D eigenvalue weighted by Gasteiger charge is 1.95. The highest BCUT2D eigenvalue weighted by Crippen LogP contribution is 2.02. The Morgan fingerprint density at radius 3 is 2.36 bits per heavy atom. The molecule has 0 aromatic rings. The molecule has 0 heterocycles. The van der Waals surface area contributed by atoms with Crippen LogP contribution < -0.4 is 5.32 Å². The van der Waals surface area contributed by atoms with Crippen molar-refractivity contribution in [3.63, 3.8) is 0 Å². The second kappa shape index (κ2) is 7.13. The lowest BCUT2D eigenvalue weighted by Gasteiger charge is -2.01. The minimum absolute atomic E-state index is 0.0452. The fourth-order valence-corrected chi connectivity index (χ4v) is 0.912. The summed E-state index contributed by atoms with van der Waals surface area (Å²) >= 11 is 0. The summed E-state index contributed by atoms with van der Waals surface area (Å²) in [4.78, 5) is 11.0. The molecule has 0 aliphatic heterocycles. The summed E-state index contributed by atoms with van der Waals surface area (Å²) in [6.45, 7) is 9.48. The third-order valence-corrected chi connectivity index (χ3v) is 1.88. The summed E-state index contributed by atoms with van der Waals surface area (Å²) < 4.78 is 0. The van der Waals surface area contributed by atoms with E-state index in [0.29, 0.717) is 6.42 Å². The Labute approximate surface area is 86.4 Å². The number of carbonyl (C=O) groups excluding carboxylic acids is 1. The molecule has 0 aliphatic carbocycles. The number of rotatable bonds is 5. The van der Waals surface area contributed by atoms with Gasteiger partial charge in [0.25, 0.3) is 0 Å². The molecule has 1 amide bonds. The van der Waals surface area contributed by atoms with E-state index in [2.05, 4.69) is 18.8 Å². The number of amides is 1. The van der Waals surface area contributed by atoms with Crippen molar-refractivity contribution in [3.05, 3.63) is 36.1 Å². The van der Waals surface area contributed by atoms with Crippen molar-refractivity contribution in [2.24, 2.45) is 0 Å². The van der Waals surface area contributed by atoms with Crippen LogP contribution in [-0.4, -0.2) is 5.91 Å². The molecule has 1 N–H and O–H groups in total. The predicted molar refractivity (Wildman–Crippen MR) is 60.8 cm³/mol. The molecule has 0 atom stereocenters. The minimum Gasteiger partial charge on any atom is -0.330 e. The summed E-state index contributed by atoms with van der Waals surface area (Å²) in [6, 6.07) is 0. The zero-order chi connectivity index (χ0) is 11.0. The fraction of sp³-hybridized carbons (Fsp3) is 0.417. The van der Waals surface area contributed by atoms with Gasteiger partial charge in [0.1, 0.15) is 0 Å². The maximum absolute atomic E-state index is 11.0. The second-order valence-corrected chi connectivity index (χ2v) is 3.05. The first-order chi connectivity index (χ1) is 6.63. The highest BCUT2D eigenvalue weighted by molar-refractivity contribution is 5.77. The summed E-state index contributed by atoms with van der Waals surface area (Å²) in [6.07, 6.45) is 7.16. The Bertz CT molecular complexity index is 261. The summed E-state index contributed by atoms with van der Waals surface area (Å²) in [7, 11) is 0. The fourth-order valence-electron chi connectivity index (χ4n) is 0.912. The van der Waals surface area contributed by atoms with Crippen molar-refractivity contribution in [1.82, 2.24) is 5.32 Å². The normalized spacial score (nSPS) is 12.5. The Morgan fingerprint density at radius 1 is 1.29 bits per heavy atom. The summed E-state index contributed by atoms with van der Waals surface area (Å²) in [5.41, 5.74) is 2.03. The monoisotopic (exact) mass is 193 g/mol. The lowest BCUT2D eigenvalue weighted by Crippen LogP contribution is -2.19. The molecule has 0 bridgehead atoms. The largest absolute Gasteiger partial charge is 0.330 e. The van der Waals surface area contributed by atoms with Crippen LogP contribution >= 0.6 is 0 Å². The molecule has 0 aromatic heterocycles. The average Bonchev–Trinajstić information content (AvgIpc) is 2.19. The lowest BCUT2D eigenvalue weighted by atomic mass is 10.2. The van der Waals surface area contributed by atoms with E-state index in [1.54, 1.807) is 0 Å². The standard InChI is InChI=1S/C12H19NO/c1-5-11(6-2)9-8-10(4)13-12(14)7-3/h5,8-9H,1,6-7H2,2-4H3,(H,13,14)/b10-8+,11-9+. The molecule has 0 fully saturated rings. The van der Waals surface area contributed by atoms with Crippen LogP contribution in [0.5, 0.6) is 0 Å². The molecule has 0 aromatic carbocycles. The number of allylic oxidation sites excluding steroid dienone is 5. The lowest BCUT2D eigenvalue weighted by molar-refractivity contribution is -0.120. The summed E-state index contributed by atoms with van der Waals surface area (Å²) in [5.74, 6) is 0.0452. The van der Waals surface area contributed by atoms with Gasteiger partial charge in [-0.3, -0.25) is 4.79 Å². The molecule has 0 spiro atoms. The van der Waals surface area contributed by atoms with Crippen molar-refractivity contribution < 1.29 is 4.79 Å². The van der Waals surface area contributed by atoms with Crippen LogP contribution in [0.3, 0.4) is 0 Å². The third kappa shape index (κ3) is 5.36. The van der Waals surface area contributed by atoms with E-state index in [1.165, 1.54) is 0 Å². The molecule has 0 aliphatic rings. The van der Waals surface area contributed by atoms with E-state index in [1.807, 2.05) is 32.1 Å².